The third kappa shape index (κ3) is 4.37. The minimum atomic E-state index is 0.200. The first-order chi connectivity index (χ1) is 9.99. The molecule has 21 heavy (non-hydrogen) atoms. The Morgan fingerprint density at radius 1 is 1.10 bits per heavy atom. The molecule has 2 aromatic carbocycles. The Labute approximate surface area is 135 Å². The monoisotopic (exact) mass is 323 g/mol. The molecule has 0 saturated heterocycles. The Morgan fingerprint density at radius 3 is 2.48 bits per heavy atom. The molecule has 0 amide bonds. The second-order valence-corrected chi connectivity index (χ2v) is 5.96. The predicted molar refractivity (Wildman–Crippen MR) is 89.7 cm³/mol. The lowest BCUT2D eigenvalue weighted by atomic mass is 10.0. The quantitative estimate of drug-likeness (QED) is 0.802. The maximum atomic E-state index is 5.99. The van der Waals surface area contributed by atoms with E-state index in [1.807, 2.05) is 13.0 Å². The van der Waals surface area contributed by atoms with E-state index in [0.29, 0.717) is 15.8 Å². The van der Waals surface area contributed by atoms with Crippen molar-refractivity contribution in [2.45, 2.75) is 32.7 Å². The number of benzene rings is 2. The minimum Gasteiger partial charge on any atom is -0.457 e. The Kier molecular flexibility index (Phi) is 5.51. The van der Waals surface area contributed by atoms with Crippen molar-refractivity contribution in [2.75, 3.05) is 0 Å². The number of rotatable bonds is 5. The van der Waals surface area contributed by atoms with Crippen LogP contribution in [-0.2, 0) is 6.42 Å². The predicted octanol–water partition coefficient (Wildman–Crippen LogP) is 5.37. The maximum absolute atomic E-state index is 5.99. The van der Waals surface area contributed by atoms with Gasteiger partial charge in [0.25, 0.3) is 0 Å². The summed E-state index contributed by atoms with van der Waals surface area (Å²) < 4.78 is 5.86. The van der Waals surface area contributed by atoms with Crippen molar-refractivity contribution in [1.29, 1.82) is 0 Å². The first-order valence-corrected chi connectivity index (χ1v) is 7.73. The van der Waals surface area contributed by atoms with Crippen LogP contribution in [0, 0.1) is 6.92 Å². The summed E-state index contributed by atoms with van der Waals surface area (Å²) in [5.41, 5.74) is 8.29. The number of halogens is 2. The highest BCUT2D eigenvalue weighted by Crippen LogP contribution is 2.31. The Balaban J connectivity index is 2.15. The van der Waals surface area contributed by atoms with Crippen LogP contribution in [0.1, 0.15) is 24.5 Å². The molecule has 2 aromatic rings. The molecule has 0 radical (unpaired) electrons. The smallest absolute Gasteiger partial charge is 0.130 e. The van der Waals surface area contributed by atoms with Gasteiger partial charge in [0.1, 0.15) is 11.5 Å². The van der Waals surface area contributed by atoms with Gasteiger partial charge < -0.3 is 10.5 Å². The van der Waals surface area contributed by atoms with Gasteiger partial charge in [-0.1, -0.05) is 42.3 Å². The van der Waals surface area contributed by atoms with E-state index in [4.69, 9.17) is 33.7 Å². The van der Waals surface area contributed by atoms with E-state index in [1.165, 1.54) is 5.56 Å². The van der Waals surface area contributed by atoms with Crippen LogP contribution in [0.3, 0.4) is 0 Å². The molecular weight excluding hydrogens is 305 g/mol. The molecule has 0 aliphatic rings. The highest BCUT2D eigenvalue weighted by Gasteiger charge is 2.07. The Hall–Kier alpha value is -1.22. The van der Waals surface area contributed by atoms with E-state index < -0.39 is 0 Å². The van der Waals surface area contributed by atoms with Crippen molar-refractivity contribution in [3.05, 3.63) is 57.6 Å². The second kappa shape index (κ2) is 7.17. The summed E-state index contributed by atoms with van der Waals surface area (Å²) >= 11 is 11.9. The maximum Gasteiger partial charge on any atom is 0.130 e. The first kappa shape index (κ1) is 16.2. The number of nitrogens with two attached hydrogens (primary N) is 1. The van der Waals surface area contributed by atoms with E-state index >= 15 is 0 Å². The lowest BCUT2D eigenvalue weighted by Crippen LogP contribution is -2.21. The van der Waals surface area contributed by atoms with Crippen molar-refractivity contribution in [3.8, 4) is 11.5 Å². The van der Waals surface area contributed by atoms with Crippen LogP contribution in [0.2, 0.25) is 10.0 Å². The fourth-order valence-corrected chi connectivity index (χ4v) is 2.36. The third-order valence-electron chi connectivity index (χ3n) is 3.38. The van der Waals surface area contributed by atoms with Crippen LogP contribution in [0.4, 0.5) is 0 Å². The second-order valence-electron chi connectivity index (χ2n) is 5.15. The molecule has 0 heterocycles. The van der Waals surface area contributed by atoms with Gasteiger partial charge in [0.2, 0.25) is 0 Å². The standard InChI is InChI=1S/C17H19Cl2NO/c1-3-13(20)9-12-4-7-17(11(2)8-12)21-14-5-6-15(18)16(19)10-14/h4-8,10,13H,3,9,20H2,1-2H3. The number of hydrogen-bond acceptors (Lipinski definition) is 2. The minimum absolute atomic E-state index is 0.200. The van der Waals surface area contributed by atoms with Crippen LogP contribution < -0.4 is 10.5 Å². The van der Waals surface area contributed by atoms with Crippen LogP contribution >= 0.6 is 23.2 Å². The van der Waals surface area contributed by atoms with E-state index in [2.05, 4.69) is 19.1 Å². The topological polar surface area (TPSA) is 35.2 Å². The zero-order chi connectivity index (χ0) is 15.4. The van der Waals surface area contributed by atoms with Gasteiger partial charge in [-0.15, -0.1) is 0 Å². The van der Waals surface area contributed by atoms with Gasteiger partial charge >= 0.3 is 0 Å². The number of ether oxygens (including phenoxy) is 1. The number of aryl methyl sites for hydroxylation is 1. The molecule has 0 saturated carbocycles. The van der Waals surface area contributed by atoms with E-state index in [-0.39, 0.29) is 6.04 Å². The summed E-state index contributed by atoms with van der Waals surface area (Å²) in [5.74, 6) is 1.48. The van der Waals surface area contributed by atoms with Gasteiger partial charge in [0, 0.05) is 12.1 Å². The fraction of sp³-hybridized carbons (Fsp3) is 0.294. The van der Waals surface area contributed by atoms with Crippen molar-refractivity contribution in [1.82, 2.24) is 0 Å². The van der Waals surface area contributed by atoms with Crippen LogP contribution in [0.5, 0.6) is 11.5 Å². The van der Waals surface area contributed by atoms with Crippen molar-refractivity contribution < 1.29 is 4.74 Å². The summed E-state index contributed by atoms with van der Waals surface area (Å²) in [6.07, 6.45) is 1.85. The van der Waals surface area contributed by atoms with Gasteiger partial charge in [-0.05, 0) is 49.1 Å². The molecule has 1 unspecified atom stereocenters. The van der Waals surface area contributed by atoms with Crippen LogP contribution in [0.25, 0.3) is 0 Å². The molecule has 2 rings (SSSR count). The van der Waals surface area contributed by atoms with Gasteiger partial charge in [-0.2, -0.15) is 0 Å². The Morgan fingerprint density at radius 2 is 1.86 bits per heavy atom. The average molecular weight is 324 g/mol. The molecule has 0 fully saturated rings. The number of hydrogen-bond donors (Lipinski definition) is 1. The Bertz CT molecular complexity index is 628. The molecule has 0 aromatic heterocycles. The summed E-state index contributed by atoms with van der Waals surface area (Å²) in [5, 5.41) is 1.00. The molecule has 0 aliphatic carbocycles. The highest BCUT2D eigenvalue weighted by molar-refractivity contribution is 6.42. The summed E-state index contributed by atoms with van der Waals surface area (Å²) in [6, 6.07) is 11.6. The average Bonchev–Trinajstić information content (AvgIpc) is 2.45. The van der Waals surface area contributed by atoms with E-state index in [0.717, 1.165) is 24.2 Å². The summed E-state index contributed by atoms with van der Waals surface area (Å²) in [7, 11) is 0. The normalized spacial score (nSPS) is 12.2. The molecular formula is C17H19Cl2NO. The van der Waals surface area contributed by atoms with Crippen molar-refractivity contribution in [2.24, 2.45) is 5.73 Å². The molecule has 112 valence electrons. The van der Waals surface area contributed by atoms with Crippen LogP contribution in [0.15, 0.2) is 36.4 Å². The van der Waals surface area contributed by atoms with Crippen LogP contribution in [-0.4, -0.2) is 6.04 Å². The third-order valence-corrected chi connectivity index (χ3v) is 4.12. The lowest BCUT2D eigenvalue weighted by molar-refractivity contribution is 0.478. The SMILES string of the molecule is CCC(N)Cc1ccc(Oc2ccc(Cl)c(Cl)c2)c(C)c1. The van der Waals surface area contributed by atoms with E-state index in [1.54, 1.807) is 18.2 Å². The molecule has 2 N–H and O–H groups in total. The molecule has 0 aliphatic heterocycles. The fourth-order valence-electron chi connectivity index (χ4n) is 2.07. The molecule has 2 nitrogen and oxygen atoms in total. The summed E-state index contributed by atoms with van der Waals surface area (Å²) in [4.78, 5) is 0. The highest BCUT2D eigenvalue weighted by atomic mass is 35.5. The van der Waals surface area contributed by atoms with Crippen molar-refractivity contribution in [3.63, 3.8) is 0 Å². The molecule has 1 atom stereocenters. The molecule has 0 spiro atoms. The van der Waals surface area contributed by atoms with Gasteiger partial charge in [-0.25, -0.2) is 0 Å². The molecule has 0 bridgehead atoms. The molecule has 4 heteroatoms. The van der Waals surface area contributed by atoms with Crippen molar-refractivity contribution >= 4 is 23.2 Å². The first-order valence-electron chi connectivity index (χ1n) is 6.97. The largest absolute Gasteiger partial charge is 0.457 e. The zero-order valence-corrected chi connectivity index (χ0v) is 13.7. The van der Waals surface area contributed by atoms with Gasteiger partial charge in [-0.3, -0.25) is 0 Å². The van der Waals surface area contributed by atoms with Gasteiger partial charge in [0.05, 0.1) is 10.0 Å². The summed E-state index contributed by atoms with van der Waals surface area (Å²) in [6.45, 7) is 4.12. The van der Waals surface area contributed by atoms with Gasteiger partial charge in [0.15, 0.2) is 0 Å². The lowest BCUT2D eigenvalue weighted by Gasteiger charge is -2.13. The van der Waals surface area contributed by atoms with E-state index in [9.17, 15) is 0 Å². The zero-order valence-electron chi connectivity index (χ0n) is 12.2.